The van der Waals surface area contributed by atoms with Gasteiger partial charge in [-0.25, -0.2) is 0 Å². The van der Waals surface area contributed by atoms with Crippen LogP contribution in [0.15, 0.2) is 158 Å². The van der Waals surface area contributed by atoms with Crippen molar-refractivity contribution < 1.29 is 0 Å². The van der Waals surface area contributed by atoms with E-state index < -0.39 is 0 Å². The predicted octanol–water partition coefficient (Wildman–Crippen LogP) is 15.1. The maximum atomic E-state index is 2.60. The number of rotatable bonds is 2. The maximum Gasteiger partial charge on any atom is 0.0324 e. The summed E-state index contributed by atoms with van der Waals surface area (Å²) in [5.41, 5.74) is 10.4. The molecule has 53 heavy (non-hydrogen) atoms. The molecule has 0 spiro atoms. The minimum absolute atomic E-state index is 0.114. The van der Waals surface area contributed by atoms with Crippen molar-refractivity contribution in [1.82, 2.24) is 0 Å². The van der Waals surface area contributed by atoms with Crippen LogP contribution in [0.4, 0.5) is 0 Å². The van der Waals surface area contributed by atoms with Crippen LogP contribution >= 0.6 is 0 Å². The lowest BCUT2D eigenvalue weighted by atomic mass is 9.49. The summed E-state index contributed by atoms with van der Waals surface area (Å²) in [6, 6.07) is 59.3. The van der Waals surface area contributed by atoms with Crippen molar-refractivity contribution in [1.29, 1.82) is 0 Å². The van der Waals surface area contributed by atoms with Gasteiger partial charge in [-0.05, 0) is 115 Å². The number of hydrogen-bond acceptors (Lipinski definition) is 0. The Morgan fingerprint density at radius 2 is 0.660 bits per heavy atom. The summed E-state index contributed by atoms with van der Waals surface area (Å²) in [5, 5.41) is 13.2. The Morgan fingerprint density at radius 3 is 1.15 bits per heavy atom. The van der Waals surface area contributed by atoms with Crippen molar-refractivity contribution in [2.75, 3.05) is 0 Å². The first-order chi connectivity index (χ1) is 25.6. The third-order valence-corrected chi connectivity index (χ3v) is 12.5. The Balaban J connectivity index is 1.47. The van der Waals surface area contributed by atoms with Crippen LogP contribution in [-0.4, -0.2) is 0 Å². The van der Waals surface area contributed by atoms with Gasteiger partial charge in [0.1, 0.15) is 0 Å². The summed E-state index contributed by atoms with van der Waals surface area (Å²) < 4.78 is 0. The Labute approximate surface area is 312 Å². The number of benzene rings is 9. The Bertz CT molecular complexity index is 2870. The SMILES string of the molecule is CC(C)(C)C1(C(C)(C)C)c2c(cc(-c3c4ccccc4c(-c4ccccc4)c4ccccc34)c3ccccc23)-c2c1c1ccccc1c1ccccc21. The number of fused-ring (bicyclic) bond motifs is 12. The molecule has 0 radical (unpaired) electrons. The molecule has 10 rings (SSSR count). The summed E-state index contributed by atoms with van der Waals surface area (Å²) in [7, 11) is 0. The van der Waals surface area contributed by atoms with Gasteiger partial charge < -0.3 is 0 Å². The van der Waals surface area contributed by atoms with Crippen molar-refractivity contribution >= 4 is 53.9 Å². The molecule has 9 aromatic rings. The molecule has 9 aromatic carbocycles. The van der Waals surface area contributed by atoms with Gasteiger partial charge in [0.15, 0.2) is 0 Å². The van der Waals surface area contributed by atoms with Crippen LogP contribution in [0.1, 0.15) is 52.7 Å². The van der Waals surface area contributed by atoms with E-state index in [-0.39, 0.29) is 16.2 Å². The predicted molar refractivity (Wildman–Crippen MR) is 230 cm³/mol. The summed E-state index contributed by atoms with van der Waals surface area (Å²) in [5.74, 6) is 0. The van der Waals surface area contributed by atoms with Gasteiger partial charge >= 0.3 is 0 Å². The molecule has 0 N–H and O–H groups in total. The van der Waals surface area contributed by atoms with Crippen molar-refractivity contribution in [2.24, 2.45) is 10.8 Å². The van der Waals surface area contributed by atoms with Gasteiger partial charge in [-0.1, -0.05) is 193 Å². The third kappa shape index (κ3) is 4.18. The Hall–Kier alpha value is -5.72. The highest BCUT2D eigenvalue weighted by molar-refractivity contribution is 6.26. The van der Waals surface area contributed by atoms with E-state index in [4.69, 9.17) is 0 Å². The normalized spacial score (nSPS) is 14.0. The van der Waals surface area contributed by atoms with Gasteiger partial charge in [-0.3, -0.25) is 0 Å². The van der Waals surface area contributed by atoms with E-state index >= 15 is 0 Å². The third-order valence-electron chi connectivity index (χ3n) is 12.5. The lowest BCUT2D eigenvalue weighted by Gasteiger charge is -2.54. The fourth-order valence-corrected chi connectivity index (χ4v) is 11.1. The van der Waals surface area contributed by atoms with E-state index in [0.29, 0.717) is 0 Å². The van der Waals surface area contributed by atoms with Crippen LogP contribution in [0.2, 0.25) is 0 Å². The molecule has 1 aliphatic carbocycles. The van der Waals surface area contributed by atoms with E-state index in [1.54, 1.807) is 0 Å². The van der Waals surface area contributed by atoms with E-state index in [9.17, 15) is 0 Å². The lowest BCUT2D eigenvalue weighted by molar-refractivity contribution is 0.0977. The lowest BCUT2D eigenvalue weighted by Crippen LogP contribution is -2.50. The summed E-state index contributed by atoms with van der Waals surface area (Å²) in [6.45, 7) is 14.9. The molecule has 0 unspecified atom stereocenters. The minimum Gasteiger partial charge on any atom is -0.0622 e. The largest absolute Gasteiger partial charge is 0.0622 e. The van der Waals surface area contributed by atoms with Crippen LogP contribution in [0.5, 0.6) is 0 Å². The second kappa shape index (κ2) is 11.1. The smallest absolute Gasteiger partial charge is 0.0324 e. The topological polar surface area (TPSA) is 0 Å². The molecule has 0 saturated heterocycles. The molecule has 0 fully saturated rings. The van der Waals surface area contributed by atoms with Crippen LogP contribution in [0, 0.1) is 10.8 Å². The van der Waals surface area contributed by atoms with E-state index in [1.165, 1.54) is 98.4 Å². The van der Waals surface area contributed by atoms with Crippen LogP contribution in [0.25, 0.3) is 87.2 Å². The van der Waals surface area contributed by atoms with Crippen molar-refractivity contribution in [3.8, 4) is 33.4 Å². The average molecular weight is 681 g/mol. The second-order valence-corrected chi connectivity index (χ2v) is 17.2. The molecular weight excluding hydrogens is 637 g/mol. The molecule has 0 aromatic heterocycles. The molecule has 0 aliphatic heterocycles. The monoisotopic (exact) mass is 680 g/mol. The first kappa shape index (κ1) is 32.0. The molecule has 256 valence electrons. The minimum atomic E-state index is -0.298. The van der Waals surface area contributed by atoms with Crippen LogP contribution < -0.4 is 0 Å². The van der Waals surface area contributed by atoms with Gasteiger partial charge in [0, 0.05) is 5.41 Å². The average Bonchev–Trinajstić information content (AvgIpc) is 3.51. The molecule has 0 atom stereocenters. The van der Waals surface area contributed by atoms with Gasteiger partial charge in [-0.15, -0.1) is 0 Å². The number of hydrogen-bond donors (Lipinski definition) is 0. The summed E-state index contributed by atoms with van der Waals surface area (Å²) >= 11 is 0. The first-order valence-corrected chi connectivity index (χ1v) is 19.1. The molecule has 1 aliphatic rings. The molecular formula is C53H44. The molecule has 0 saturated carbocycles. The van der Waals surface area contributed by atoms with Gasteiger partial charge in [0.05, 0.1) is 0 Å². The Kier molecular flexibility index (Phi) is 6.72. The van der Waals surface area contributed by atoms with Crippen molar-refractivity contribution in [3.05, 3.63) is 169 Å². The van der Waals surface area contributed by atoms with E-state index in [1.807, 2.05) is 0 Å². The highest BCUT2D eigenvalue weighted by Crippen LogP contribution is 2.69. The molecule has 0 heteroatoms. The maximum absolute atomic E-state index is 2.60. The highest BCUT2D eigenvalue weighted by atomic mass is 14.6. The summed E-state index contributed by atoms with van der Waals surface area (Å²) in [4.78, 5) is 0. The van der Waals surface area contributed by atoms with Crippen LogP contribution in [-0.2, 0) is 5.41 Å². The quantitative estimate of drug-likeness (QED) is 0.126. The Morgan fingerprint density at radius 1 is 0.302 bits per heavy atom. The van der Waals surface area contributed by atoms with Gasteiger partial charge in [-0.2, -0.15) is 0 Å². The fraction of sp³-hybridized carbons (Fsp3) is 0.170. The summed E-state index contributed by atoms with van der Waals surface area (Å²) in [6.07, 6.45) is 0. The van der Waals surface area contributed by atoms with Crippen molar-refractivity contribution in [3.63, 3.8) is 0 Å². The fourth-order valence-electron chi connectivity index (χ4n) is 11.1. The highest BCUT2D eigenvalue weighted by Gasteiger charge is 2.59. The standard InChI is InChI=1S/C53H44/c1-51(2,3)53(52(4,5)6)49-42-30-18-12-24-36(42)44(32-45(49)48-37-25-13-10-22-34(37)35-23-11-19-31-43(35)50(48)53)47-40-28-16-14-26-38(40)46(33-20-8-7-9-21-33)39-27-15-17-29-41(39)47/h7-32H,1-6H3. The van der Waals surface area contributed by atoms with Gasteiger partial charge in [0.2, 0.25) is 0 Å². The zero-order valence-corrected chi connectivity index (χ0v) is 31.5. The molecule has 0 nitrogen and oxygen atoms in total. The molecule has 0 heterocycles. The van der Waals surface area contributed by atoms with E-state index in [2.05, 4.69) is 199 Å². The zero-order valence-electron chi connectivity index (χ0n) is 31.5. The van der Waals surface area contributed by atoms with Crippen LogP contribution in [0.3, 0.4) is 0 Å². The van der Waals surface area contributed by atoms with E-state index in [0.717, 1.165) is 0 Å². The zero-order chi connectivity index (χ0) is 36.3. The second-order valence-electron chi connectivity index (χ2n) is 17.2. The van der Waals surface area contributed by atoms with Gasteiger partial charge in [0.25, 0.3) is 0 Å². The first-order valence-electron chi connectivity index (χ1n) is 19.1. The molecule has 0 bridgehead atoms. The van der Waals surface area contributed by atoms with Crippen molar-refractivity contribution in [2.45, 2.75) is 47.0 Å². The molecule has 0 amide bonds.